The summed E-state index contributed by atoms with van der Waals surface area (Å²) >= 11 is 0. The molecule has 0 radical (unpaired) electrons. The number of nitrogens with zero attached hydrogens (tertiary/aromatic N) is 2. The van der Waals surface area contributed by atoms with Crippen LogP contribution in [0, 0.1) is 0 Å². The summed E-state index contributed by atoms with van der Waals surface area (Å²) in [5.74, 6) is -0.0224. The predicted octanol–water partition coefficient (Wildman–Crippen LogP) is -0.518. The van der Waals surface area contributed by atoms with E-state index in [4.69, 9.17) is 5.73 Å². The number of hydrogen-bond acceptors (Lipinski definition) is 4. The summed E-state index contributed by atoms with van der Waals surface area (Å²) in [7, 11) is 0. The van der Waals surface area contributed by atoms with Gasteiger partial charge in [0, 0.05) is 45.0 Å². The molecule has 104 valence electrons. The zero-order valence-corrected chi connectivity index (χ0v) is 11.0. The van der Waals surface area contributed by atoms with E-state index in [1.54, 1.807) is 6.07 Å². The standard InChI is InChI=1S/C13H20N4O2/c14-4-7-16-5-1-6-17(9-8-16)13(19)11-2-3-12(18)15-10-11/h2-3,10H,1,4-9,14H2,(H,15,18). The van der Waals surface area contributed by atoms with E-state index in [0.29, 0.717) is 18.7 Å². The van der Waals surface area contributed by atoms with Crippen LogP contribution in [-0.2, 0) is 0 Å². The summed E-state index contributed by atoms with van der Waals surface area (Å²) in [4.78, 5) is 29.9. The Kier molecular flexibility index (Phi) is 4.70. The largest absolute Gasteiger partial charge is 0.337 e. The number of nitrogens with one attached hydrogen (secondary N) is 1. The van der Waals surface area contributed by atoms with Crippen LogP contribution in [0.1, 0.15) is 16.8 Å². The van der Waals surface area contributed by atoms with Gasteiger partial charge in [-0.05, 0) is 19.0 Å². The van der Waals surface area contributed by atoms with Gasteiger partial charge < -0.3 is 20.5 Å². The van der Waals surface area contributed by atoms with Gasteiger partial charge in [0.15, 0.2) is 0 Å². The Morgan fingerprint density at radius 1 is 1.26 bits per heavy atom. The predicted molar refractivity (Wildman–Crippen MR) is 73.1 cm³/mol. The third-order valence-electron chi connectivity index (χ3n) is 3.35. The monoisotopic (exact) mass is 264 g/mol. The molecule has 1 aliphatic heterocycles. The van der Waals surface area contributed by atoms with Crippen LogP contribution in [0.5, 0.6) is 0 Å². The minimum atomic E-state index is -0.193. The molecular formula is C13H20N4O2. The molecule has 0 unspecified atom stereocenters. The summed E-state index contributed by atoms with van der Waals surface area (Å²) in [5, 5.41) is 0. The molecule has 6 nitrogen and oxygen atoms in total. The molecule has 1 aromatic heterocycles. The Balaban J connectivity index is 1.99. The molecule has 1 aliphatic rings. The van der Waals surface area contributed by atoms with E-state index in [-0.39, 0.29) is 11.5 Å². The maximum atomic E-state index is 12.3. The lowest BCUT2D eigenvalue weighted by molar-refractivity contribution is 0.0761. The number of aromatic nitrogens is 1. The summed E-state index contributed by atoms with van der Waals surface area (Å²) in [6.07, 6.45) is 2.43. The van der Waals surface area contributed by atoms with Crippen molar-refractivity contribution in [1.82, 2.24) is 14.8 Å². The first-order valence-electron chi connectivity index (χ1n) is 6.61. The summed E-state index contributed by atoms with van der Waals surface area (Å²) < 4.78 is 0. The molecule has 3 N–H and O–H groups in total. The van der Waals surface area contributed by atoms with E-state index < -0.39 is 0 Å². The van der Waals surface area contributed by atoms with Gasteiger partial charge in [0.05, 0.1) is 5.56 Å². The first kappa shape index (κ1) is 13.8. The zero-order chi connectivity index (χ0) is 13.7. The maximum Gasteiger partial charge on any atom is 0.255 e. The van der Waals surface area contributed by atoms with Gasteiger partial charge in [0.1, 0.15) is 0 Å². The molecule has 0 bridgehead atoms. The number of carbonyl (C=O) groups is 1. The van der Waals surface area contributed by atoms with Crippen LogP contribution in [0.3, 0.4) is 0 Å². The van der Waals surface area contributed by atoms with Crippen molar-refractivity contribution in [3.05, 3.63) is 34.2 Å². The normalized spacial score (nSPS) is 17.2. The van der Waals surface area contributed by atoms with Gasteiger partial charge in [-0.1, -0.05) is 0 Å². The lowest BCUT2D eigenvalue weighted by Crippen LogP contribution is -2.36. The van der Waals surface area contributed by atoms with Crippen LogP contribution in [0.4, 0.5) is 0 Å². The third kappa shape index (κ3) is 3.65. The van der Waals surface area contributed by atoms with Crippen LogP contribution in [0.25, 0.3) is 0 Å². The summed E-state index contributed by atoms with van der Waals surface area (Å²) in [5.41, 5.74) is 5.90. The van der Waals surface area contributed by atoms with Crippen LogP contribution in [0.15, 0.2) is 23.1 Å². The molecule has 1 saturated heterocycles. The number of pyridine rings is 1. The van der Waals surface area contributed by atoms with E-state index in [2.05, 4.69) is 9.88 Å². The second kappa shape index (κ2) is 6.49. The minimum absolute atomic E-state index is 0.0224. The van der Waals surface area contributed by atoms with E-state index >= 15 is 0 Å². The first-order chi connectivity index (χ1) is 9.20. The number of rotatable bonds is 3. The lowest BCUT2D eigenvalue weighted by atomic mass is 10.2. The minimum Gasteiger partial charge on any atom is -0.337 e. The van der Waals surface area contributed by atoms with Crippen LogP contribution >= 0.6 is 0 Å². The van der Waals surface area contributed by atoms with Crippen molar-refractivity contribution in [3.63, 3.8) is 0 Å². The maximum absolute atomic E-state index is 12.3. The van der Waals surface area contributed by atoms with Crippen LogP contribution < -0.4 is 11.3 Å². The molecule has 1 amide bonds. The van der Waals surface area contributed by atoms with Gasteiger partial charge in [0.25, 0.3) is 5.91 Å². The fourth-order valence-corrected chi connectivity index (χ4v) is 2.31. The summed E-state index contributed by atoms with van der Waals surface area (Å²) in [6, 6.07) is 2.95. The second-order valence-electron chi connectivity index (χ2n) is 4.72. The Labute approximate surface area is 112 Å². The number of aromatic amines is 1. The van der Waals surface area contributed by atoms with Crippen LogP contribution in [0.2, 0.25) is 0 Å². The Morgan fingerprint density at radius 3 is 2.79 bits per heavy atom. The molecule has 0 atom stereocenters. The smallest absolute Gasteiger partial charge is 0.255 e. The molecule has 2 rings (SSSR count). The topological polar surface area (TPSA) is 82.4 Å². The van der Waals surface area contributed by atoms with Gasteiger partial charge in [-0.2, -0.15) is 0 Å². The van der Waals surface area contributed by atoms with Crippen molar-refractivity contribution in [2.75, 3.05) is 39.3 Å². The molecular weight excluding hydrogens is 244 g/mol. The summed E-state index contributed by atoms with van der Waals surface area (Å²) in [6.45, 7) is 4.81. The van der Waals surface area contributed by atoms with Crippen molar-refractivity contribution in [2.24, 2.45) is 5.73 Å². The molecule has 2 heterocycles. The lowest BCUT2D eigenvalue weighted by Gasteiger charge is -2.21. The van der Waals surface area contributed by atoms with Gasteiger partial charge in [-0.3, -0.25) is 9.59 Å². The van der Waals surface area contributed by atoms with Gasteiger partial charge in [-0.25, -0.2) is 0 Å². The molecule has 6 heteroatoms. The quantitative estimate of drug-likeness (QED) is 0.769. The van der Waals surface area contributed by atoms with Gasteiger partial charge in [-0.15, -0.1) is 0 Å². The molecule has 0 aliphatic carbocycles. The highest BCUT2D eigenvalue weighted by molar-refractivity contribution is 5.93. The Bertz CT molecular complexity index is 465. The van der Waals surface area contributed by atoms with Crippen molar-refractivity contribution >= 4 is 5.91 Å². The van der Waals surface area contributed by atoms with Crippen molar-refractivity contribution in [2.45, 2.75) is 6.42 Å². The molecule has 0 aromatic carbocycles. The number of nitrogens with two attached hydrogens (primary N) is 1. The Hall–Kier alpha value is -1.66. The van der Waals surface area contributed by atoms with Gasteiger partial charge >= 0.3 is 0 Å². The van der Waals surface area contributed by atoms with Gasteiger partial charge in [0.2, 0.25) is 5.56 Å². The highest BCUT2D eigenvalue weighted by Crippen LogP contribution is 2.07. The average Bonchev–Trinajstić information content (AvgIpc) is 2.65. The number of H-pyrrole nitrogens is 1. The molecule has 0 spiro atoms. The van der Waals surface area contributed by atoms with E-state index in [9.17, 15) is 9.59 Å². The second-order valence-corrected chi connectivity index (χ2v) is 4.72. The van der Waals surface area contributed by atoms with Crippen molar-refractivity contribution in [1.29, 1.82) is 0 Å². The van der Waals surface area contributed by atoms with Crippen molar-refractivity contribution in [3.8, 4) is 0 Å². The van der Waals surface area contributed by atoms with Crippen molar-refractivity contribution < 1.29 is 4.79 Å². The number of carbonyl (C=O) groups excluding carboxylic acids is 1. The van der Waals surface area contributed by atoms with E-state index in [1.807, 2.05) is 4.90 Å². The highest BCUT2D eigenvalue weighted by Gasteiger charge is 2.19. The average molecular weight is 264 g/mol. The Morgan fingerprint density at radius 2 is 2.11 bits per heavy atom. The zero-order valence-electron chi connectivity index (χ0n) is 11.0. The number of amides is 1. The molecule has 0 saturated carbocycles. The van der Waals surface area contributed by atoms with E-state index in [1.165, 1.54) is 12.3 Å². The fraction of sp³-hybridized carbons (Fsp3) is 0.538. The molecule has 1 aromatic rings. The number of hydrogen-bond donors (Lipinski definition) is 2. The molecule has 1 fully saturated rings. The SMILES string of the molecule is NCCN1CCCN(C(=O)c2ccc(=O)[nH]c2)CC1. The first-order valence-corrected chi connectivity index (χ1v) is 6.61. The fourth-order valence-electron chi connectivity index (χ4n) is 2.31. The third-order valence-corrected chi connectivity index (χ3v) is 3.35. The molecule has 19 heavy (non-hydrogen) atoms. The van der Waals surface area contributed by atoms with Crippen LogP contribution in [-0.4, -0.2) is 60.0 Å². The highest BCUT2D eigenvalue weighted by atomic mass is 16.2. The van der Waals surface area contributed by atoms with E-state index in [0.717, 1.165) is 32.6 Å².